The number of Topliss-reactive ketones (excluding diaryl/α,β-unsaturated/α-hetero) is 1. The number of carbonyl (C=O) groups is 1. The Balaban J connectivity index is 1.83. The number of likely N-dealkylation sites (N-methyl/N-ethyl adjacent to an activating group) is 1. The summed E-state index contributed by atoms with van der Waals surface area (Å²) in [6.07, 6.45) is -1.32. The van der Waals surface area contributed by atoms with Crippen molar-refractivity contribution in [2.45, 2.75) is 43.2 Å². The Morgan fingerprint density at radius 3 is 3.27 bits per heavy atom. The van der Waals surface area contributed by atoms with Crippen molar-refractivity contribution >= 4 is 5.78 Å². The van der Waals surface area contributed by atoms with Crippen LogP contribution in [0.15, 0.2) is 12.1 Å². The van der Waals surface area contributed by atoms with E-state index in [2.05, 4.69) is 0 Å². The van der Waals surface area contributed by atoms with Crippen molar-refractivity contribution in [2.75, 3.05) is 20.6 Å². The number of benzene rings is 1. The van der Waals surface area contributed by atoms with Gasteiger partial charge in [-0.2, -0.15) is 0 Å². The first-order valence-corrected chi connectivity index (χ1v) is 7.82. The molecule has 4 aliphatic rings. The van der Waals surface area contributed by atoms with Gasteiger partial charge in [-0.05, 0) is 50.3 Å². The van der Waals surface area contributed by atoms with Crippen molar-refractivity contribution in [3.05, 3.63) is 23.3 Å². The van der Waals surface area contributed by atoms with Crippen molar-refractivity contribution < 1.29 is 21.1 Å². The number of carbonyl (C=O) groups excluding carboxylic acids is 1. The fourth-order valence-electron chi connectivity index (χ4n) is 5.08. The van der Waals surface area contributed by atoms with Gasteiger partial charge in [-0.15, -0.1) is 0 Å². The molecular weight excluding hydrogens is 278 g/mol. The lowest BCUT2D eigenvalue weighted by atomic mass is 9.52. The highest BCUT2D eigenvalue weighted by Crippen LogP contribution is 2.62. The first kappa shape index (κ1) is 8.92. The van der Waals surface area contributed by atoms with Crippen molar-refractivity contribution in [1.29, 1.82) is 0 Å². The highest BCUT2D eigenvalue weighted by Gasteiger charge is 2.65. The van der Waals surface area contributed by atoms with Crippen LogP contribution in [0.1, 0.15) is 37.2 Å². The highest BCUT2D eigenvalue weighted by atomic mass is 16.5. The van der Waals surface area contributed by atoms with Crippen molar-refractivity contribution in [2.24, 2.45) is 5.92 Å². The van der Waals surface area contributed by atoms with E-state index in [1.54, 1.807) is 12.1 Å². The molecule has 0 amide bonds. The number of likely N-dealkylation sites (tertiary alicyclic amines) is 1. The topological polar surface area (TPSA) is 38.8 Å². The molecule has 1 aromatic carbocycles. The molecule has 4 heteroatoms. The molecule has 4 nitrogen and oxygen atoms in total. The number of rotatable bonds is 1. The first-order chi connectivity index (χ1) is 12.6. The number of ether oxygens (including phenoxy) is 2. The summed E-state index contributed by atoms with van der Waals surface area (Å²) in [5.41, 5.74) is 0.508. The zero-order chi connectivity index (χ0) is 19.4. The molecule has 5 rings (SSSR count). The van der Waals surface area contributed by atoms with E-state index in [0.29, 0.717) is 29.9 Å². The van der Waals surface area contributed by atoms with Gasteiger partial charge in [0.15, 0.2) is 23.4 Å². The minimum atomic E-state index is -2.39. The molecule has 116 valence electrons. The third-order valence-electron chi connectivity index (χ3n) is 5.95. The van der Waals surface area contributed by atoms with Crippen molar-refractivity contribution in [3.63, 3.8) is 0 Å². The van der Waals surface area contributed by atoms with E-state index in [1.807, 2.05) is 0 Å². The lowest BCUT2D eigenvalue weighted by Gasteiger charge is -2.57. The Morgan fingerprint density at radius 2 is 2.45 bits per heavy atom. The summed E-state index contributed by atoms with van der Waals surface area (Å²) in [6, 6.07) is 2.52. The summed E-state index contributed by atoms with van der Waals surface area (Å²) in [5.74, 6) is 0.686. The molecule has 1 unspecified atom stereocenters. The summed E-state index contributed by atoms with van der Waals surface area (Å²) in [7, 11) is 1.53. The normalized spacial score (nSPS) is 44.7. The van der Waals surface area contributed by atoms with Crippen molar-refractivity contribution in [1.82, 2.24) is 4.90 Å². The highest BCUT2D eigenvalue weighted by molar-refractivity contribution is 5.89. The SMILES string of the molecule is [2H]C1([2H])c2ccc(OC)c3c2[C@]24CCN(C([2H])([2H])[2H])[C@H]1[C@@H]2CCC(=O)C4O3. The van der Waals surface area contributed by atoms with Crippen LogP contribution in [0.2, 0.25) is 0 Å². The van der Waals surface area contributed by atoms with Gasteiger partial charge in [0.1, 0.15) is 0 Å². The average molecular weight is 304 g/mol. The Morgan fingerprint density at radius 1 is 1.55 bits per heavy atom. The average Bonchev–Trinajstić information content (AvgIpc) is 2.94. The van der Waals surface area contributed by atoms with Gasteiger partial charge in [0, 0.05) is 30.3 Å². The van der Waals surface area contributed by atoms with Crippen LogP contribution in [-0.2, 0) is 16.6 Å². The smallest absolute Gasteiger partial charge is 0.174 e. The van der Waals surface area contributed by atoms with Crippen LogP contribution < -0.4 is 9.47 Å². The Bertz CT molecular complexity index is 854. The molecule has 4 atom stereocenters. The molecule has 2 aliphatic heterocycles. The van der Waals surface area contributed by atoms with Crippen LogP contribution in [0.5, 0.6) is 11.5 Å². The lowest BCUT2D eigenvalue weighted by molar-refractivity contribution is -0.138. The molecule has 0 N–H and O–H groups in total. The molecule has 2 fully saturated rings. The molecule has 1 spiro atoms. The van der Waals surface area contributed by atoms with Gasteiger partial charge < -0.3 is 14.4 Å². The summed E-state index contributed by atoms with van der Waals surface area (Å²) in [4.78, 5) is 14.1. The van der Waals surface area contributed by atoms with Crippen LogP contribution in [0.25, 0.3) is 0 Å². The molecule has 1 aromatic rings. The second-order valence-corrected chi connectivity index (χ2v) is 6.70. The minimum absolute atomic E-state index is 0.0130. The molecule has 2 aliphatic carbocycles. The second kappa shape index (κ2) is 4.05. The molecule has 2 heterocycles. The largest absolute Gasteiger partial charge is 0.493 e. The maximum absolute atomic E-state index is 12.8. The molecule has 2 bridgehead atoms. The monoisotopic (exact) mass is 304 g/mol. The molecule has 1 saturated heterocycles. The molecule has 22 heavy (non-hydrogen) atoms. The third kappa shape index (κ3) is 1.27. The van der Waals surface area contributed by atoms with Crippen LogP contribution >= 0.6 is 0 Å². The van der Waals surface area contributed by atoms with E-state index < -0.39 is 30.9 Å². The number of hydrogen-bond donors (Lipinski definition) is 0. The Kier molecular flexibility index (Phi) is 1.64. The van der Waals surface area contributed by atoms with Gasteiger partial charge in [0.2, 0.25) is 0 Å². The first-order valence-electron chi connectivity index (χ1n) is 10.3. The molecular formula is C18H21NO3. The second-order valence-electron chi connectivity index (χ2n) is 6.70. The summed E-state index contributed by atoms with van der Waals surface area (Å²) >= 11 is 0. The van der Waals surface area contributed by atoms with Crippen LogP contribution in [0.4, 0.5) is 0 Å². The van der Waals surface area contributed by atoms with E-state index >= 15 is 0 Å². The number of hydrogen-bond acceptors (Lipinski definition) is 4. The zero-order valence-electron chi connectivity index (χ0n) is 17.4. The fraction of sp³-hybridized carbons (Fsp3) is 0.611. The standard InChI is InChI=1S/C18H21NO3/c1-19-8-7-18-11-4-5-13(20)17(18)22-16-14(21-2)6-3-10(15(16)18)9-12(11)19/h3,6,11-12,17H,4-5,7-9H2,1-2H3/t11-,12+,17?,18-/m0/s1/i1D3,9D2. The number of methoxy groups -OCH3 is 1. The van der Waals surface area contributed by atoms with Gasteiger partial charge in [-0.25, -0.2) is 0 Å². The number of nitrogens with zero attached hydrogens (tertiary/aromatic N) is 1. The van der Waals surface area contributed by atoms with Gasteiger partial charge in [-0.3, -0.25) is 4.79 Å². The van der Waals surface area contributed by atoms with E-state index in [0.717, 1.165) is 5.56 Å². The third-order valence-corrected chi connectivity index (χ3v) is 5.95. The van der Waals surface area contributed by atoms with E-state index in [9.17, 15) is 4.79 Å². The molecule has 0 aromatic heterocycles. The number of ketones is 1. The fourth-order valence-corrected chi connectivity index (χ4v) is 5.08. The quantitative estimate of drug-likeness (QED) is 0.795. The van der Waals surface area contributed by atoms with Crippen LogP contribution in [-0.4, -0.2) is 43.5 Å². The lowest BCUT2D eigenvalue weighted by Crippen LogP contribution is -2.65. The molecule has 1 saturated carbocycles. The van der Waals surface area contributed by atoms with Crippen LogP contribution in [0, 0.1) is 5.92 Å². The summed E-state index contributed by atoms with van der Waals surface area (Å²) in [5, 5.41) is 0. The maximum atomic E-state index is 12.8. The maximum Gasteiger partial charge on any atom is 0.174 e. The van der Waals surface area contributed by atoms with E-state index in [1.165, 1.54) is 12.0 Å². The Hall–Kier alpha value is -1.55. The van der Waals surface area contributed by atoms with Crippen molar-refractivity contribution in [3.8, 4) is 11.5 Å². The minimum Gasteiger partial charge on any atom is -0.493 e. The predicted molar refractivity (Wildman–Crippen MR) is 81.6 cm³/mol. The molecule has 0 radical (unpaired) electrons. The summed E-state index contributed by atoms with van der Waals surface area (Å²) in [6.45, 7) is -2.18. The van der Waals surface area contributed by atoms with E-state index in [-0.39, 0.29) is 24.7 Å². The van der Waals surface area contributed by atoms with Gasteiger partial charge in [-0.1, -0.05) is 6.07 Å². The summed E-state index contributed by atoms with van der Waals surface area (Å²) < 4.78 is 53.2. The predicted octanol–water partition coefficient (Wildman–Crippen LogP) is 1.93. The van der Waals surface area contributed by atoms with Crippen LogP contribution in [0.3, 0.4) is 0 Å². The van der Waals surface area contributed by atoms with Gasteiger partial charge in [0.05, 0.1) is 7.11 Å². The Labute approximate surface area is 137 Å². The van der Waals surface area contributed by atoms with E-state index in [4.69, 9.17) is 16.3 Å². The zero-order valence-corrected chi connectivity index (χ0v) is 12.4. The number of piperidine rings is 1. The van der Waals surface area contributed by atoms with Gasteiger partial charge >= 0.3 is 0 Å². The van der Waals surface area contributed by atoms with Gasteiger partial charge in [0.25, 0.3) is 0 Å².